The number of ether oxygens (including phenoxy) is 4. The van der Waals surface area contributed by atoms with Crippen LogP contribution in [0.15, 0.2) is 0 Å². The molecule has 0 aromatic carbocycles. The third-order valence-electron chi connectivity index (χ3n) is 16.8. The van der Waals surface area contributed by atoms with Crippen LogP contribution in [0, 0.1) is 23.7 Å². The summed E-state index contributed by atoms with van der Waals surface area (Å²) in [5.74, 6) is 0.846. The lowest BCUT2D eigenvalue weighted by molar-refractivity contribution is -0.161. The highest BCUT2D eigenvalue weighted by Gasteiger charge is 2.30. The van der Waals surface area contributed by atoms with Crippen LogP contribution in [0.5, 0.6) is 0 Å². The van der Waals surface area contributed by atoms with Gasteiger partial charge in [-0.1, -0.05) is 312 Å². The quantitative estimate of drug-likeness (QED) is 0.0222. The van der Waals surface area contributed by atoms with Crippen molar-refractivity contribution < 1.29 is 80.2 Å². The summed E-state index contributed by atoms with van der Waals surface area (Å²) in [6.07, 6.45) is 46.0. The summed E-state index contributed by atoms with van der Waals surface area (Å²) in [6.45, 7) is 14.1. The van der Waals surface area contributed by atoms with Crippen LogP contribution < -0.4 is 0 Å². The van der Waals surface area contributed by atoms with Crippen LogP contribution in [0.2, 0.25) is 0 Å². The van der Waals surface area contributed by atoms with Gasteiger partial charge in [0, 0.05) is 25.7 Å². The molecule has 17 nitrogen and oxygen atoms in total. The number of esters is 4. The number of phosphoric acid groups is 2. The number of phosphoric ester groups is 2. The molecule has 0 aliphatic carbocycles. The zero-order valence-electron chi connectivity index (χ0n) is 60.2. The van der Waals surface area contributed by atoms with E-state index in [1.54, 1.807) is 0 Å². The van der Waals surface area contributed by atoms with Crippen LogP contribution in [-0.2, 0) is 65.4 Å². The molecule has 0 aromatic rings. The normalized spacial score (nSPS) is 14.2. The summed E-state index contributed by atoms with van der Waals surface area (Å²) in [4.78, 5) is 72.6. The van der Waals surface area contributed by atoms with Crippen molar-refractivity contribution in [3.63, 3.8) is 0 Å². The topological polar surface area (TPSA) is 237 Å². The lowest BCUT2D eigenvalue weighted by Crippen LogP contribution is -2.30. The highest BCUT2D eigenvalue weighted by Crippen LogP contribution is 2.45. The van der Waals surface area contributed by atoms with Crippen LogP contribution in [0.25, 0.3) is 0 Å². The van der Waals surface area contributed by atoms with E-state index in [1.807, 2.05) is 0 Å². The van der Waals surface area contributed by atoms with Gasteiger partial charge >= 0.3 is 39.5 Å². The lowest BCUT2D eigenvalue weighted by atomic mass is 10.0. The molecule has 0 bridgehead atoms. The fourth-order valence-corrected chi connectivity index (χ4v) is 12.6. The highest BCUT2D eigenvalue weighted by molar-refractivity contribution is 7.47. The van der Waals surface area contributed by atoms with Gasteiger partial charge in [0.25, 0.3) is 0 Å². The summed E-state index contributed by atoms with van der Waals surface area (Å²) < 4.78 is 68.3. The fraction of sp³-hybridized carbons (Fsp3) is 0.945. The molecule has 0 amide bonds. The van der Waals surface area contributed by atoms with Crippen molar-refractivity contribution in [3.05, 3.63) is 0 Å². The van der Waals surface area contributed by atoms with E-state index >= 15 is 0 Å². The second-order valence-corrected chi connectivity index (χ2v) is 31.1. The van der Waals surface area contributed by atoms with Crippen LogP contribution in [-0.4, -0.2) is 96.7 Å². The second kappa shape index (κ2) is 62.6. The van der Waals surface area contributed by atoms with Crippen molar-refractivity contribution in [2.75, 3.05) is 39.6 Å². The number of carbonyl (C=O) groups excluding carboxylic acids is 4. The first-order chi connectivity index (χ1) is 44.1. The molecule has 3 N–H and O–H groups in total. The maximum atomic E-state index is 13.0. The van der Waals surface area contributed by atoms with Gasteiger partial charge in [-0.05, 0) is 49.4 Å². The SMILES string of the molecule is CC(C)CCCCCCCCCCCCCCCCCCC(=O)OC[C@H](COP(=O)(O)OCC(O)COP(=O)(O)OC[C@@H](COC(=O)CCCCCCCCCCC(C)C)OC(=O)CCCCCCCCCCC(C)C)OC(=O)CCCCCCCCCCC(C)C. The molecule has 92 heavy (non-hydrogen) atoms. The van der Waals surface area contributed by atoms with E-state index in [-0.39, 0.29) is 25.7 Å². The van der Waals surface area contributed by atoms with Gasteiger partial charge in [-0.2, -0.15) is 0 Å². The van der Waals surface area contributed by atoms with Gasteiger partial charge in [0.05, 0.1) is 26.4 Å². The summed E-state index contributed by atoms with van der Waals surface area (Å²) in [7, 11) is -9.91. The predicted molar refractivity (Wildman–Crippen MR) is 372 cm³/mol. The number of hydrogen-bond donors (Lipinski definition) is 3. The van der Waals surface area contributed by atoms with E-state index in [2.05, 4.69) is 55.4 Å². The first kappa shape index (κ1) is 90.1. The minimum Gasteiger partial charge on any atom is -0.462 e. The zero-order chi connectivity index (χ0) is 68.2. The number of carbonyl (C=O) groups is 4. The van der Waals surface area contributed by atoms with Gasteiger partial charge in [0.1, 0.15) is 19.3 Å². The number of hydrogen-bond acceptors (Lipinski definition) is 15. The van der Waals surface area contributed by atoms with Crippen LogP contribution in [0.1, 0.15) is 364 Å². The first-order valence-electron chi connectivity index (χ1n) is 37.7. The number of rotatable bonds is 70. The minimum atomic E-state index is -4.95. The van der Waals surface area contributed by atoms with Crippen molar-refractivity contribution in [1.29, 1.82) is 0 Å². The van der Waals surface area contributed by atoms with Crippen molar-refractivity contribution in [2.24, 2.45) is 23.7 Å². The Morgan fingerprint density at radius 1 is 0.272 bits per heavy atom. The summed E-state index contributed by atoms with van der Waals surface area (Å²) in [5, 5.41) is 10.6. The molecule has 0 fully saturated rings. The van der Waals surface area contributed by atoms with Gasteiger partial charge < -0.3 is 33.8 Å². The van der Waals surface area contributed by atoms with Gasteiger partial charge in [0.15, 0.2) is 12.2 Å². The largest absolute Gasteiger partial charge is 0.472 e. The molecule has 0 aliphatic rings. The summed E-state index contributed by atoms with van der Waals surface area (Å²) >= 11 is 0. The first-order valence-corrected chi connectivity index (χ1v) is 40.7. The molecule has 19 heteroatoms. The Labute approximate surface area is 562 Å². The number of aliphatic hydroxyl groups is 1. The molecule has 0 saturated heterocycles. The second-order valence-electron chi connectivity index (χ2n) is 28.2. The summed E-state index contributed by atoms with van der Waals surface area (Å²) in [6, 6.07) is 0. The smallest absolute Gasteiger partial charge is 0.462 e. The van der Waals surface area contributed by atoms with E-state index < -0.39 is 97.5 Å². The fourth-order valence-electron chi connectivity index (χ4n) is 11.0. The molecule has 546 valence electrons. The molecular weight excluding hydrogens is 1210 g/mol. The molecular formula is C73H142O17P2. The Balaban J connectivity index is 5.19. The molecule has 0 aromatic heterocycles. The minimum absolute atomic E-state index is 0.103. The Hall–Kier alpha value is -1.94. The highest BCUT2D eigenvalue weighted by atomic mass is 31.2. The summed E-state index contributed by atoms with van der Waals surface area (Å²) in [5.41, 5.74) is 0. The van der Waals surface area contributed by atoms with Crippen molar-refractivity contribution >= 4 is 39.5 Å². The maximum absolute atomic E-state index is 13.0. The maximum Gasteiger partial charge on any atom is 0.472 e. The average Bonchev–Trinajstić information content (AvgIpc) is 3.71. The predicted octanol–water partition coefficient (Wildman–Crippen LogP) is 20.9. The zero-order valence-corrected chi connectivity index (χ0v) is 62.0. The van der Waals surface area contributed by atoms with Crippen LogP contribution in [0.3, 0.4) is 0 Å². The van der Waals surface area contributed by atoms with Crippen molar-refractivity contribution in [3.8, 4) is 0 Å². The van der Waals surface area contributed by atoms with Crippen LogP contribution in [0.4, 0.5) is 0 Å². The molecule has 0 rings (SSSR count). The van der Waals surface area contributed by atoms with Gasteiger partial charge in [-0.3, -0.25) is 37.3 Å². The average molecular weight is 1350 g/mol. The molecule has 5 atom stereocenters. The van der Waals surface area contributed by atoms with Crippen molar-refractivity contribution in [2.45, 2.75) is 382 Å². The number of aliphatic hydroxyl groups excluding tert-OH is 1. The standard InChI is InChI=1S/C73H142O17P2/c1-63(2)49-41-33-25-17-15-13-11-9-10-12-14-16-18-29-37-45-53-70(75)83-59-68(89-72(77)55-47-39-31-23-20-27-35-43-51-65(5)6)61-87-91(79,80)85-57-67(74)58-86-92(81,82)88-62-69(90-73(78)56-48-40-32-24-21-28-36-44-52-66(7)8)60-84-71(76)54-46-38-30-22-19-26-34-42-50-64(3)4/h63-69,74H,9-62H2,1-8H3,(H,79,80)(H,81,82)/t67?,68-,69-/m1/s1. The van der Waals surface area contributed by atoms with Gasteiger partial charge in [0.2, 0.25) is 0 Å². The Morgan fingerprint density at radius 2 is 0.457 bits per heavy atom. The van der Waals surface area contributed by atoms with E-state index in [0.29, 0.717) is 25.7 Å². The molecule has 0 aliphatic heterocycles. The van der Waals surface area contributed by atoms with Gasteiger partial charge in [-0.25, -0.2) is 9.13 Å². The molecule has 0 heterocycles. The lowest BCUT2D eigenvalue weighted by Gasteiger charge is -2.21. The molecule has 3 unspecified atom stereocenters. The molecule has 0 saturated carbocycles. The number of unbranched alkanes of at least 4 members (excludes halogenated alkanes) is 36. The Kier molecular flexibility index (Phi) is 61.3. The monoisotopic (exact) mass is 1350 g/mol. The van der Waals surface area contributed by atoms with E-state index in [1.165, 1.54) is 167 Å². The van der Waals surface area contributed by atoms with Crippen molar-refractivity contribution in [1.82, 2.24) is 0 Å². The van der Waals surface area contributed by atoms with Crippen LogP contribution >= 0.6 is 15.6 Å². The van der Waals surface area contributed by atoms with E-state index in [0.717, 1.165) is 114 Å². The third kappa shape index (κ3) is 66.7. The Morgan fingerprint density at radius 3 is 0.674 bits per heavy atom. The van der Waals surface area contributed by atoms with E-state index in [4.69, 9.17) is 37.0 Å². The third-order valence-corrected chi connectivity index (χ3v) is 18.7. The van der Waals surface area contributed by atoms with Gasteiger partial charge in [-0.15, -0.1) is 0 Å². The molecule has 0 radical (unpaired) electrons. The van der Waals surface area contributed by atoms with E-state index in [9.17, 15) is 43.2 Å². The molecule has 0 spiro atoms. The Bertz CT molecular complexity index is 1820.